The van der Waals surface area contributed by atoms with Crippen LogP contribution in [0.2, 0.25) is 5.02 Å². The van der Waals surface area contributed by atoms with Gasteiger partial charge in [-0.2, -0.15) is 0 Å². The number of pyridine rings is 1. The summed E-state index contributed by atoms with van der Waals surface area (Å²) in [4.78, 5) is 13.0. The Morgan fingerprint density at radius 3 is 2.67 bits per heavy atom. The number of benzene rings is 1. The molecule has 3 aromatic rings. The lowest BCUT2D eigenvalue weighted by atomic mass is 9.86. The lowest BCUT2D eigenvalue weighted by molar-refractivity contribution is -0.0136. The van der Waals surface area contributed by atoms with E-state index in [9.17, 15) is 10.2 Å². The van der Waals surface area contributed by atoms with Gasteiger partial charge in [-0.05, 0) is 43.9 Å². The first kappa shape index (κ1) is 23.8. The molecular formula is C24H28ClFN4O3. The summed E-state index contributed by atoms with van der Waals surface area (Å²) < 4.78 is 20.4. The Bertz CT molecular complexity index is 1180. The maximum atomic E-state index is 15.2. The van der Waals surface area contributed by atoms with E-state index in [4.69, 9.17) is 16.3 Å². The lowest BCUT2D eigenvalue weighted by Crippen LogP contribution is -2.42. The van der Waals surface area contributed by atoms with Gasteiger partial charge < -0.3 is 20.3 Å². The Morgan fingerprint density at radius 1 is 1.24 bits per heavy atom. The van der Waals surface area contributed by atoms with Crippen molar-refractivity contribution in [3.8, 4) is 11.3 Å². The molecule has 1 fully saturated rings. The van der Waals surface area contributed by atoms with Crippen LogP contribution in [0.15, 0.2) is 24.5 Å². The average molecular weight is 475 g/mol. The van der Waals surface area contributed by atoms with Crippen LogP contribution in [-0.2, 0) is 10.3 Å². The van der Waals surface area contributed by atoms with E-state index < -0.39 is 17.5 Å². The van der Waals surface area contributed by atoms with Gasteiger partial charge in [0.2, 0.25) is 5.95 Å². The molecule has 9 heteroatoms. The molecule has 176 valence electrons. The first-order valence-electron chi connectivity index (χ1n) is 11.0. The normalized spacial score (nSPS) is 19.3. The number of hydrogen-bond donors (Lipinski definition) is 3. The minimum absolute atomic E-state index is 0.0136. The molecule has 1 aromatic carbocycles. The highest BCUT2D eigenvalue weighted by Crippen LogP contribution is 2.37. The summed E-state index contributed by atoms with van der Waals surface area (Å²) in [6.07, 6.45) is 2.92. The highest BCUT2D eigenvalue weighted by Gasteiger charge is 2.27. The van der Waals surface area contributed by atoms with Crippen molar-refractivity contribution in [3.63, 3.8) is 0 Å². The van der Waals surface area contributed by atoms with Gasteiger partial charge in [-0.15, -0.1) is 0 Å². The maximum absolute atomic E-state index is 15.2. The second-order valence-corrected chi connectivity index (χ2v) is 9.63. The molecule has 7 nitrogen and oxygen atoms in total. The molecule has 33 heavy (non-hydrogen) atoms. The fourth-order valence-corrected chi connectivity index (χ4v) is 4.42. The highest BCUT2D eigenvalue weighted by molar-refractivity contribution is 6.33. The van der Waals surface area contributed by atoms with E-state index in [0.717, 1.165) is 5.56 Å². The van der Waals surface area contributed by atoms with Crippen molar-refractivity contribution in [3.05, 3.63) is 46.5 Å². The summed E-state index contributed by atoms with van der Waals surface area (Å²) in [5, 5.41) is 24.8. The second-order valence-electron chi connectivity index (χ2n) is 9.23. The molecule has 0 spiro atoms. The van der Waals surface area contributed by atoms with E-state index in [2.05, 4.69) is 20.3 Å². The summed E-state index contributed by atoms with van der Waals surface area (Å²) in [5.74, 6) is -0.205. The number of halogens is 2. The number of hydrogen-bond acceptors (Lipinski definition) is 7. The monoisotopic (exact) mass is 474 g/mol. The van der Waals surface area contributed by atoms with Crippen LogP contribution in [0.5, 0.6) is 0 Å². The van der Waals surface area contributed by atoms with Crippen LogP contribution in [0.1, 0.15) is 51.2 Å². The zero-order chi connectivity index (χ0) is 23.9. The highest BCUT2D eigenvalue weighted by atomic mass is 35.5. The number of fused-ring (bicyclic) bond motifs is 1. The van der Waals surface area contributed by atoms with Gasteiger partial charge in [0.1, 0.15) is 11.3 Å². The van der Waals surface area contributed by atoms with Crippen LogP contribution < -0.4 is 5.32 Å². The van der Waals surface area contributed by atoms with E-state index >= 15 is 4.39 Å². The largest absolute Gasteiger partial charge is 0.389 e. The van der Waals surface area contributed by atoms with Gasteiger partial charge in [0.05, 0.1) is 41.3 Å². The van der Waals surface area contributed by atoms with Gasteiger partial charge in [-0.1, -0.05) is 25.4 Å². The van der Waals surface area contributed by atoms with Gasteiger partial charge >= 0.3 is 0 Å². The molecule has 0 aliphatic carbocycles. The predicted octanol–water partition coefficient (Wildman–Crippen LogP) is 4.40. The molecule has 2 atom stereocenters. The molecule has 3 heterocycles. The molecule has 2 aromatic heterocycles. The Morgan fingerprint density at radius 2 is 2.00 bits per heavy atom. The van der Waals surface area contributed by atoms with Crippen molar-refractivity contribution in [2.45, 2.75) is 57.8 Å². The minimum atomic E-state index is -1.14. The van der Waals surface area contributed by atoms with Crippen LogP contribution >= 0.6 is 11.6 Å². The number of aromatic nitrogens is 3. The molecule has 0 amide bonds. The van der Waals surface area contributed by atoms with Gasteiger partial charge in [-0.25, -0.2) is 14.4 Å². The van der Waals surface area contributed by atoms with E-state index in [1.54, 1.807) is 26.1 Å². The van der Waals surface area contributed by atoms with E-state index in [0.29, 0.717) is 35.2 Å². The Hall–Kier alpha value is -2.39. The molecule has 1 aliphatic rings. The molecule has 0 saturated carbocycles. The Kier molecular flexibility index (Phi) is 6.55. The number of nitrogens with one attached hydrogen (secondary N) is 1. The SMILES string of the molecule is CC(C)c1c(C(C)(C)O)cnc2c(F)cc(-c3nc(N[C@@H]4CCOC[C@H]4O)ncc3Cl)cc12. The topological polar surface area (TPSA) is 100 Å². The van der Waals surface area contributed by atoms with E-state index in [1.165, 1.54) is 12.3 Å². The van der Waals surface area contributed by atoms with Crippen molar-refractivity contribution in [2.24, 2.45) is 0 Å². The lowest BCUT2D eigenvalue weighted by Gasteiger charge is -2.28. The van der Waals surface area contributed by atoms with Crippen LogP contribution in [-0.4, -0.2) is 50.5 Å². The zero-order valence-electron chi connectivity index (χ0n) is 19.1. The standard InChI is InChI=1S/C24H28ClFN4O3/c1-12(2)20-14-7-13(8-17(26)22(14)27-9-15(20)24(3,4)32)21-16(25)10-28-23(30-21)29-18-5-6-33-11-19(18)31/h7-10,12,18-19,31-32H,5-6,11H2,1-4H3,(H,28,29,30)/t18-,19-/m1/s1. The summed E-state index contributed by atoms with van der Waals surface area (Å²) in [6, 6.07) is 2.90. The fraction of sp³-hybridized carbons (Fsp3) is 0.458. The average Bonchev–Trinajstić information content (AvgIpc) is 2.75. The number of aliphatic hydroxyl groups excluding tert-OH is 1. The fourth-order valence-electron chi connectivity index (χ4n) is 4.22. The first-order chi connectivity index (χ1) is 15.6. The predicted molar refractivity (Wildman–Crippen MR) is 126 cm³/mol. The first-order valence-corrected chi connectivity index (χ1v) is 11.3. The van der Waals surface area contributed by atoms with Crippen LogP contribution in [0.25, 0.3) is 22.2 Å². The third-order valence-corrected chi connectivity index (χ3v) is 6.14. The van der Waals surface area contributed by atoms with Crippen LogP contribution in [0.3, 0.4) is 0 Å². The molecule has 4 rings (SSSR count). The van der Waals surface area contributed by atoms with Gasteiger partial charge in [0.25, 0.3) is 0 Å². The van der Waals surface area contributed by atoms with Crippen LogP contribution in [0.4, 0.5) is 10.3 Å². The number of anilines is 1. The molecule has 0 radical (unpaired) electrons. The third-order valence-electron chi connectivity index (χ3n) is 5.86. The van der Waals surface area contributed by atoms with Crippen molar-refractivity contribution in [1.29, 1.82) is 0 Å². The third kappa shape index (κ3) is 4.80. The van der Waals surface area contributed by atoms with Crippen molar-refractivity contribution < 1.29 is 19.3 Å². The summed E-state index contributed by atoms with van der Waals surface area (Å²) >= 11 is 6.41. The second kappa shape index (κ2) is 9.10. The quantitative estimate of drug-likeness (QED) is 0.504. The van der Waals surface area contributed by atoms with Crippen LogP contribution in [0, 0.1) is 5.82 Å². The Balaban J connectivity index is 1.83. The number of ether oxygens (including phenoxy) is 1. The van der Waals surface area contributed by atoms with Crippen molar-refractivity contribution in [1.82, 2.24) is 15.0 Å². The Labute approximate surface area is 197 Å². The molecular weight excluding hydrogens is 447 g/mol. The van der Waals surface area contributed by atoms with Gasteiger partial charge in [0.15, 0.2) is 0 Å². The van der Waals surface area contributed by atoms with Gasteiger partial charge in [0, 0.05) is 29.3 Å². The molecule has 3 N–H and O–H groups in total. The van der Waals surface area contributed by atoms with Crippen molar-refractivity contribution in [2.75, 3.05) is 18.5 Å². The molecule has 0 unspecified atom stereocenters. The number of aliphatic hydroxyl groups is 2. The summed E-state index contributed by atoms with van der Waals surface area (Å²) in [7, 11) is 0. The van der Waals surface area contributed by atoms with Gasteiger partial charge in [-0.3, -0.25) is 4.98 Å². The minimum Gasteiger partial charge on any atom is -0.389 e. The van der Waals surface area contributed by atoms with Crippen molar-refractivity contribution >= 4 is 28.5 Å². The zero-order valence-corrected chi connectivity index (χ0v) is 19.8. The molecule has 1 aliphatic heterocycles. The molecule has 1 saturated heterocycles. The number of rotatable bonds is 5. The summed E-state index contributed by atoms with van der Waals surface area (Å²) in [6.45, 7) is 8.13. The van der Waals surface area contributed by atoms with E-state index in [1.807, 2.05) is 13.8 Å². The smallest absolute Gasteiger partial charge is 0.223 e. The summed E-state index contributed by atoms with van der Waals surface area (Å²) in [5.41, 5.74) is 1.39. The maximum Gasteiger partial charge on any atom is 0.223 e. The van der Waals surface area contributed by atoms with E-state index in [-0.39, 0.29) is 35.1 Å². The molecule has 0 bridgehead atoms. The number of nitrogens with zero attached hydrogens (tertiary/aromatic N) is 3.